The van der Waals surface area contributed by atoms with Gasteiger partial charge in [-0.05, 0) is 38.3 Å². The molecule has 25 heavy (non-hydrogen) atoms. The summed E-state index contributed by atoms with van der Waals surface area (Å²) in [6, 6.07) is 8.40. The number of thiazole rings is 1. The lowest BCUT2D eigenvalue weighted by Gasteiger charge is -2.42. The molecule has 0 unspecified atom stereocenters. The molecule has 5 nitrogen and oxygen atoms in total. The van der Waals surface area contributed by atoms with Gasteiger partial charge in [0, 0.05) is 36.8 Å². The zero-order chi connectivity index (χ0) is 17.9. The van der Waals surface area contributed by atoms with E-state index in [0.717, 1.165) is 26.1 Å². The number of nitrogens with zero attached hydrogens (tertiary/aromatic N) is 2. The molecule has 0 spiro atoms. The predicted octanol–water partition coefficient (Wildman–Crippen LogP) is 2.90. The molecule has 1 aromatic carbocycles. The molecule has 0 radical (unpaired) electrons. The van der Waals surface area contributed by atoms with Crippen LogP contribution in [-0.2, 0) is 17.8 Å². The Bertz CT molecular complexity index is 714. The van der Waals surface area contributed by atoms with Gasteiger partial charge in [0.1, 0.15) is 0 Å². The molecule has 1 amide bonds. The number of nitrogens with one attached hydrogen (secondary N) is 2. The third-order valence-electron chi connectivity index (χ3n) is 4.88. The van der Waals surface area contributed by atoms with Gasteiger partial charge in [0.05, 0.1) is 6.04 Å². The van der Waals surface area contributed by atoms with E-state index in [-0.39, 0.29) is 17.5 Å². The maximum Gasteiger partial charge on any atom is 0.243 e. The van der Waals surface area contributed by atoms with E-state index in [4.69, 9.17) is 0 Å². The first-order chi connectivity index (χ1) is 12.0. The molecule has 2 N–H and O–H groups in total. The van der Waals surface area contributed by atoms with Crippen molar-refractivity contribution >= 4 is 22.4 Å². The number of rotatable bonds is 6. The molecule has 2 aromatic rings. The van der Waals surface area contributed by atoms with E-state index in [1.54, 1.807) is 6.20 Å². The molecule has 6 heteroatoms. The average Bonchev–Trinajstić information content (AvgIpc) is 3.12. The summed E-state index contributed by atoms with van der Waals surface area (Å²) >= 11 is 1.43. The van der Waals surface area contributed by atoms with Crippen molar-refractivity contribution in [2.45, 2.75) is 45.3 Å². The highest BCUT2D eigenvalue weighted by Gasteiger charge is 2.30. The molecular weight excluding hydrogens is 332 g/mol. The SMILES string of the molecule is C[C@@H](NCC(C)(C)N1CCc2ccccc2C1)C(=O)Nc1nccs1. The fraction of sp³-hybridized carbons (Fsp3) is 0.474. The van der Waals surface area contributed by atoms with Crippen LogP contribution in [0.5, 0.6) is 0 Å². The Balaban J connectivity index is 1.54. The lowest BCUT2D eigenvalue weighted by atomic mass is 9.94. The number of carbonyl (C=O) groups excluding carboxylic acids is 1. The lowest BCUT2D eigenvalue weighted by Crippen LogP contribution is -2.54. The molecular formula is C19H26N4OS. The predicted molar refractivity (Wildman–Crippen MR) is 103 cm³/mol. The number of hydrogen-bond donors (Lipinski definition) is 2. The van der Waals surface area contributed by atoms with E-state index in [1.807, 2.05) is 12.3 Å². The van der Waals surface area contributed by atoms with Crippen molar-refractivity contribution in [3.05, 3.63) is 47.0 Å². The van der Waals surface area contributed by atoms with E-state index in [9.17, 15) is 4.79 Å². The minimum absolute atomic E-state index is 0.0246. The van der Waals surface area contributed by atoms with E-state index >= 15 is 0 Å². The molecule has 3 rings (SSSR count). The summed E-state index contributed by atoms with van der Waals surface area (Å²) in [5.41, 5.74) is 2.85. The highest BCUT2D eigenvalue weighted by molar-refractivity contribution is 7.13. The van der Waals surface area contributed by atoms with E-state index in [0.29, 0.717) is 5.13 Å². The van der Waals surface area contributed by atoms with Gasteiger partial charge in [0.15, 0.2) is 5.13 Å². The van der Waals surface area contributed by atoms with Crippen LogP contribution in [0.1, 0.15) is 31.9 Å². The average molecular weight is 359 g/mol. The molecule has 0 saturated carbocycles. The van der Waals surface area contributed by atoms with Gasteiger partial charge < -0.3 is 10.6 Å². The van der Waals surface area contributed by atoms with Gasteiger partial charge in [-0.3, -0.25) is 9.69 Å². The molecule has 2 heterocycles. The summed E-state index contributed by atoms with van der Waals surface area (Å²) in [7, 11) is 0. The molecule has 1 atom stereocenters. The monoisotopic (exact) mass is 358 g/mol. The number of amides is 1. The van der Waals surface area contributed by atoms with E-state index < -0.39 is 0 Å². The first-order valence-electron chi connectivity index (χ1n) is 8.71. The second kappa shape index (κ2) is 7.64. The number of anilines is 1. The normalized spacial score (nSPS) is 16.3. The van der Waals surface area contributed by atoms with Gasteiger partial charge in [0.25, 0.3) is 0 Å². The second-order valence-corrected chi connectivity index (χ2v) is 8.08. The van der Waals surface area contributed by atoms with Crippen LogP contribution in [-0.4, -0.2) is 40.5 Å². The second-order valence-electron chi connectivity index (χ2n) is 7.18. The van der Waals surface area contributed by atoms with Gasteiger partial charge in [-0.1, -0.05) is 24.3 Å². The maximum absolute atomic E-state index is 12.2. The first-order valence-corrected chi connectivity index (χ1v) is 9.59. The molecule has 0 bridgehead atoms. The van der Waals surface area contributed by atoms with Crippen molar-refractivity contribution < 1.29 is 4.79 Å². The summed E-state index contributed by atoms with van der Waals surface area (Å²) in [4.78, 5) is 18.8. The summed E-state index contributed by atoms with van der Waals surface area (Å²) in [6.45, 7) is 9.13. The zero-order valence-electron chi connectivity index (χ0n) is 15.1. The molecule has 0 fully saturated rings. The van der Waals surface area contributed by atoms with Gasteiger partial charge in [-0.15, -0.1) is 11.3 Å². The van der Waals surface area contributed by atoms with E-state index in [2.05, 4.69) is 58.6 Å². The largest absolute Gasteiger partial charge is 0.304 e. The first kappa shape index (κ1) is 18.0. The van der Waals surface area contributed by atoms with Crippen LogP contribution in [0.2, 0.25) is 0 Å². The summed E-state index contributed by atoms with van der Waals surface area (Å²) in [5.74, 6) is -0.0465. The van der Waals surface area contributed by atoms with E-state index in [1.165, 1.54) is 22.5 Å². The molecule has 1 aromatic heterocycles. The summed E-state index contributed by atoms with van der Waals surface area (Å²) in [6.07, 6.45) is 2.77. The minimum Gasteiger partial charge on any atom is -0.304 e. The highest BCUT2D eigenvalue weighted by Crippen LogP contribution is 2.25. The molecule has 0 saturated heterocycles. The zero-order valence-corrected chi connectivity index (χ0v) is 15.9. The standard InChI is InChI=1S/C19H26N4OS/c1-14(17(24)22-18-20-9-11-25-18)21-13-19(2,3)23-10-8-15-6-4-5-7-16(15)12-23/h4-7,9,11,14,21H,8,10,12-13H2,1-3H3,(H,20,22,24)/t14-/m1/s1. The quantitative estimate of drug-likeness (QED) is 0.834. The number of hydrogen-bond acceptors (Lipinski definition) is 5. The summed E-state index contributed by atoms with van der Waals surface area (Å²) in [5, 5.41) is 8.72. The Labute approximate surface area is 153 Å². The van der Waals surface area contributed by atoms with Crippen molar-refractivity contribution in [1.82, 2.24) is 15.2 Å². The Kier molecular flexibility index (Phi) is 5.51. The Hall–Kier alpha value is -1.76. The third kappa shape index (κ3) is 4.45. The van der Waals surface area contributed by atoms with Crippen molar-refractivity contribution in [1.29, 1.82) is 0 Å². The fourth-order valence-electron chi connectivity index (χ4n) is 3.12. The molecule has 0 aliphatic carbocycles. The summed E-state index contributed by atoms with van der Waals surface area (Å²) < 4.78 is 0. The van der Waals surface area contributed by atoms with Crippen LogP contribution in [0.15, 0.2) is 35.8 Å². The van der Waals surface area contributed by atoms with Crippen molar-refractivity contribution in [2.75, 3.05) is 18.4 Å². The van der Waals surface area contributed by atoms with Crippen LogP contribution >= 0.6 is 11.3 Å². The molecule has 1 aliphatic rings. The third-order valence-corrected chi connectivity index (χ3v) is 5.57. The number of benzene rings is 1. The minimum atomic E-state index is -0.264. The Morgan fingerprint density at radius 2 is 2.12 bits per heavy atom. The maximum atomic E-state index is 12.2. The smallest absolute Gasteiger partial charge is 0.243 e. The Morgan fingerprint density at radius 3 is 2.84 bits per heavy atom. The van der Waals surface area contributed by atoms with Crippen LogP contribution in [0.25, 0.3) is 0 Å². The Morgan fingerprint density at radius 1 is 1.36 bits per heavy atom. The van der Waals surface area contributed by atoms with Gasteiger partial charge >= 0.3 is 0 Å². The fourth-order valence-corrected chi connectivity index (χ4v) is 3.65. The lowest BCUT2D eigenvalue weighted by molar-refractivity contribution is -0.117. The van der Waals surface area contributed by atoms with Crippen molar-refractivity contribution in [3.8, 4) is 0 Å². The van der Waals surface area contributed by atoms with Crippen LogP contribution < -0.4 is 10.6 Å². The number of aromatic nitrogens is 1. The van der Waals surface area contributed by atoms with Crippen LogP contribution in [0.3, 0.4) is 0 Å². The molecule has 134 valence electrons. The van der Waals surface area contributed by atoms with Gasteiger partial charge in [-0.2, -0.15) is 0 Å². The van der Waals surface area contributed by atoms with Crippen LogP contribution in [0.4, 0.5) is 5.13 Å². The topological polar surface area (TPSA) is 57.3 Å². The van der Waals surface area contributed by atoms with Crippen LogP contribution in [0, 0.1) is 0 Å². The number of fused-ring (bicyclic) bond motifs is 1. The highest BCUT2D eigenvalue weighted by atomic mass is 32.1. The van der Waals surface area contributed by atoms with Gasteiger partial charge in [-0.25, -0.2) is 4.98 Å². The number of carbonyl (C=O) groups is 1. The van der Waals surface area contributed by atoms with Crippen molar-refractivity contribution in [2.24, 2.45) is 0 Å². The van der Waals surface area contributed by atoms with Crippen molar-refractivity contribution in [3.63, 3.8) is 0 Å². The van der Waals surface area contributed by atoms with Gasteiger partial charge in [0.2, 0.25) is 5.91 Å². The molecule has 1 aliphatic heterocycles.